The van der Waals surface area contributed by atoms with Gasteiger partial charge in [-0.05, 0) is 48.7 Å². The number of carbonyl (C=O) groups is 2. The van der Waals surface area contributed by atoms with E-state index in [4.69, 9.17) is 32.7 Å². The maximum Gasteiger partial charge on any atom is 0.244 e. The van der Waals surface area contributed by atoms with Gasteiger partial charge in [0, 0.05) is 25.1 Å². The van der Waals surface area contributed by atoms with Crippen molar-refractivity contribution < 1.29 is 27.5 Å². The van der Waals surface area contributed by atoms with E-state index >= 15 is 0 Å². The molecule has 0 radical (unpaired) electrons. The first-order valence-electron chi connectivity index (χ1n) is 13.9. The Bertz CT molecular complexity index is 1550. The Morgan fingerprint density at radius 3 is 2.28 bits per heavy atom. The number of benzene rings is 3. The lowest BCUT2D eigenvalue weighted by atomic mass is 10.0. The van der Waals surface area contributed by atoms with Crippen LogP contribution in [0.5, 0.6) is 11.5 Å². The molecule has 9 nitrogen and oxygen atoms in total. The summed E-state index contributed by atoms with van der Waals surface area (Å²) in [5.41, 5.74) is 1.70. The summed E-state index contributed by atoms with van der Waals surface area (Å²) >= 11 is 12.4. The lowest BCUT2D eigenvalue weighted by molar-refractivity contribution is -0.140. The van der Waals surface area contributed by atoms with E-state index in [1.54, 1.807) is 30.3 Å². The average molecular weight is 649 g/mol. The van der Waals surface area contributed by atoms with Crippen molar-refractivity contribution >= 4 is 50.7 Å². The number of hydrogen-bond acceptors (Lipinski definition) is 6. The van der Waals surface area contributed by atoms with Gasteiger partial charge in [-0.3, -0.25) is 13.9 Å². The number of ether oxygens (including phenoxy) is 2. The highest BCUT2D eigenvalue weighted by Crippen LogP contribution is 2.35. The van der Waals surface area contributed by atoms with Crippen LogP contribution in [0, 0.1) is 0 Å². The van der Waals surface area contributed by atoms with E-state index in [9.17, 15) is 18.0 Å². The van der Waals surface area contributed by atoms with E-state index in [0.717, 1.165) is 16.1 Å². The topological polar surface area (TPSA) is 105 Å². The third-order valence-corrected chi connectivity index (χ3v) is 8.98. The van der Waals surface area contributed by atoms with Gasteiger partial charge in [-0.1, -0.05) is 66.5 Å². The fraction of sp³-hybridized carbons (Fsp3) is 0.355. The first kappa shape index (κ1) is 32.4. The van der Waals surface area contributed by atoms with Crippen LogP contribution in [0.25, 0.3) is 0 Å². The molecule has 3 aromatic carbocycles. The van der Waals surface area contributed by atoms with Crippen LogP contribution in [-0.4, -0.2) is 63.2 Å². The predicted octanol–water partition coefficient (Wildman–Crippen LogP) is 5.09. The zero-order chi connectivity index (χ0) is 31.1. The van der Waals surface area contributed by atoms with Gasteiger partial charge in [0.2, 0.25) is 21.8 Å². The number of halogens is 2. The molecule has 43 heavy (non-hydrogen) atoms. The van der Waals surface area contributed by atoms with Crippen molar-refractivity contribution in [1.29, 1.82) is 0 Å². The Hall–Kier alpha value is -3.47. The number of fused-ring (bicyclic) bond motifs is 1. The van der Waals surface area contributed by atoms with Crippen molar-refractivity contribution in [3.05, 3.63) is 87.9 Å². The maximum atomic E-state index is 14.2. The molecule has 12 heteroatoms. The smallest absolute Gasteiger partial charge is 0.244 e. The molecule has 0 fully saturated rings. The number of anilines is 1. The monoisotopic (exact) mass is 647 g/mol. The first-order valence-corrected chi connectivity index (χ1v) is 16.5. The molecule has 1 heterocycles. The Labute approximate surface area is 262 Å². The molecular formula is C31H35Cl2N3O6S. The maximum absolute atomic E-state index is 14.2. The largest absolute Gasteiger partial charge is 0.486 e. The fourth-order valence-corrected chi connectivity index (χ4v) is 5.79. The number of carbonyl (C=O) groups excluding carboxylic acids is 2. The molecule has 1 aliphatic heterocycles. The highest BCUT2D eigenvalue weighted by Gasteiger charge is 2.34. The molecule has 0 saturated heterocycles. The summed E-state index contributed by atoms with van der Waals surface area (Å²) in [7, 11) is -3.94. The predicted molar refractivity (Wildman–Crippen MR) is 168 cm³/mol. The molecule has 1 aliphatic rings. The molecule has 2 amide bonds. The summed E-state index contributed by atoms with van der Waals surface area (Å²) < 4.78 is 38.3. The van der Waals surface area contributed by atoms with E-state index in [-0.39, 0.29) is 30.6 Å². The molecule has 0 spiro atoms. The van der Waals surface area contributed by atoms with Crippen molar-refractivity contribution in [3.63, 3.8) is 0 Å². The van der Waals surface area contributed by atoms with E-state index in [0.29, 0.717) is 46.7 Å². The molecule has 230 valence electrons. The van der Waals surface area contributed by atoms with Crippen LogP contribution in [-0.2, 0) is 32.6 Å². The minimum atomic E-state index is -3.94. The van der Waals surface area contributed by atoms with Gasteiger partial charge >= 0.3 is 0 Å². The van der Waals surface area contributed by atoms with Gasteiger partial charge in [-0.2, -0.15) is 0 Å². The summed E-state index contributed by atoms with van der Waals surface area (Å²) in [4.78, 5) is 29.4. The Morgan fingerprint density at radius 1 is 0.930 bits per heavy atom. The average Bonchev–Trinajstić information content (AvgIpc) is 2.98. The first-order chi connectivity index (χ1) is 20.5. The van der Waals surface area contributed by atoms with Gasteiger partial charge in [-0.15, -0.1) is 0 Å². The van der Waals surface area contributed by atoms with Crippen LogP contribution in [0.2, 0.25) is 10.0 Å². The quantitative estimate of drug-likeness (QED) is 0.294. The second-order valence-electron chi connectivity index (χ2n) is 10.4. The summed E-state index contributed by atoms with van der Waals surface area (Å²) in [5.74, 6) is -0.0588. The number of rotatable bonds is 12. The molecule has 0 saturated carbocycles. The molecule has 0 unspecified atom stereocenters. The van der Waals surface area contributed by atoms with Crippen LogP contribution in [0.1, 0.15) is 31.4 Å². The molecule has 0 bridgehead atoms. The zero-order valence-corrected chi connectivity index (χ0v) is 26.6. The number of sulfonamides is 1. The molecule has 3 aromatic rings. The van der Waals surface area contributed by atoms with Gasteiger partial charge in [0.1, 0.15) is 25.8 Å². The normalized spacial score (nSPS) is 14.0. The number of amides is 2. The van der Waals surface area contributed by atoms with Crippen LogP contribution in [0.4, 0.5) is 5.69 Å². The second kappa shape index (κ2) is 14.3. The van der Waals surface area contributed by atoms with Crippen molar-refractivity contribution in [2.75, 3.05) is 30.3 Å². The van der Waals surface area contributed by atoms with E-state index in [2.05, 4.69) is 5.32 Å². The summed E-state index contributed by atoms with van der Waals surface area (Å²) in [6.45, 7) is 3.97. The van der Waals surface area contributed by atoms with Crippen LogP contribution in [0.3, 0.4) is 0 Å². The van der Waals surface area contributed by atoms with Gasteiger partial charge in [0.15, 0.2) is 11.5 Å². The van der Waals surface area contributed by atoms with Crippen molar-refractivity contribution in [2.24, 2.45) is 0 Å². The lowest BCUT2D eigenvalue weighted by Crippen LogP contribution is -2.54. The highest BCUT2D eigenvalue weighted by atomic mass is 35.5. The summed E-state index contributed by atoms with van der Waals surface area (Å²) in [5, 5.41) is 3.64. The fourth-order valence-electron chi connectivity index (χ4n) is 4.63. The second-order valence-corrected chi connectivity index (χ2v) is 13.1. The van der Waals surface area contributed by atoms with E-state index in [1.165, 1.54) is 11.0 Å². The van der Waals surface area contributed by atoms with Gasteiger partial charge in [0.25, 0.3) is 0 Å². The summed E-state index contributed by atoms with van der Waals surface area (Å²) in [6.07, 6.45) is 1.92. The van der Waals surface area contributed by atoms with Crippen molar-refractivity contribution in [2.45, 2.75) is 45.3 Å². The zero-order valence-electron chi connectivity index (χ0n) is 24.3. The Morgan fingerprint density at radius 2 is 1.63 bits per heavy atom. The van der Waals surface area contributed by atoms with Crippen LogP contribution >= 0.6 is 23.2 Å². The minimum Gasteiger partial charge on any atom is -0.486 e. The summed E-state index contributed by atoms with van der Waals surface area (Å²) in [6, 6.07) is 17.9. The van der Waals surface area contributed by atoms with E-state index < -0.39 is 28.5 Å². The van der Waals surface area contributed by atoms with E-state index in [1.807, 2.05) is 44.2 Å². The van der Waals surface area contributed by atoms with Gasteiger partial charge < -0.3 is 19.7 Å². The highest BCUT2D eigenvalue weighted by molar-refractivity contribution is 7.92. The molecule has 4 rings (SSSR count). The number of nitrogens with one attached hydrogen (secondary N) is 1. The number of hydrogen-bond donors (Lipinski definition) is 1. The Balaban J connectivity index is 1.75. The van der Waals surface area contributed by atoms with Crippen LogP contribution in [0.15, 0.2) is 66.7 Å². The minimum absolute atomic E-state index is 0.0140. The molecular weight excluding hydrogens is 613 g/mol. The van der Waals surface area contributed by atoms with Gasteiger partial charge in [-0.25, -0.2) is 8.42 Å². The third kappa shape index (κ3) is 8.55. The SMILES string of the molecule is CC[C@H](C)NC(=O)[C@H](Cc1ccccc1)N(Cc1ccc(Cl)c(Cl)c1)C(=O)CN(c1ccc2c(c1)OCCO2)S(C)(=O)=O. The van der Waals surface area contributed by atoms with Crippen molar-refractivity contribution in [1.82, 2.24) is 10.2 Å². The van der Waals surface area contributed by atoms with Crippen LogP contribution < -0.4 is 19.1 Å². The molecule has 0 aromatic heterocycles. The molecule has 0 aliphatic carbocycles. The lowest BCUT2D eigenvalue weighted by Gasteiger charge is -2.34. The third-order valence-electron chi connectivity index (χ3n) is 7.10. The standard InChI is InChI=1S/C31H35Cl2N3O6S/c1-4-21(2)34-31(38)27(17-22-8-6-5-7-9-22)35(19-23-10-12-25(32)26(33)16-23)30(37)20-36(43(3,39)40)24-11-13-28-29(18-24)42-15-14-41-28/h5-13,16,18,21,27H,4,14-15,17,19-20H2,1-3H3,(H,34,38)/t21-,27-/m0/s1. The molecule has 2 atom stereocenters. The Kier molecular flexibility index (Phi) is 10.8. The van der Waals surface area contributed by atoms with Crippen molar-refractivity contribution in [3.8, 4) is 11.5 Å². The van der Waals surface area contributed by atoms with Gasteiger partial charge in [0.05, 0.1) is 22.0 Å². The molecule has 1 N–H and O–H groups in total. The number of nitrogens with zero attached hydrogens (tertiary/aromatic N) is 2.